The van der Waals surface area contributed by atoms with Gasteiger partial charge < -0.3 is 4.43 Å². The summed E-state index contributed by atoms with van der Waals surface area (Å²) < 4.78 is 7.08. The summed E-state index contributed by atoms with van der Waals surface area (Å²) >= 11 is 1.88. The average molecular weight is 423 g/mol. The van der Waals surface area contributed by atoms with Crippen LogP contribution in [0.15, 0.2) is 78.2 Å². The van der Waals surface area contributed by atoms with Crippen LogP contribution in [0.3, 0.4) is 0 Å². The van der Waals surface area contributed by atoms with Crippen molar-refractivity contribution in [2.24, 2.45) is 0 Å². The lowest BCUT2D eigenvalue weighted by atomic mass is 9.99. The number of thiophene rings is 1. The van der Waals surface area contributed by atoms with Gasteiger partial charge in [-0.3, -0.25) is 0 Å². The second-order valence-corrected chi connectivity index (χ2v) is 14.1. The fraction of sp³-hybridized carbons (Fsp3) is 0.385. The molecule has 2 aromatic carbocycles. The van der Waals surface area contributed by atoms with E-state index in [-0.39, 0.29) is 5.04 Å². The van der Waals surface area contributed by atoms with Gasteiger partial charge in [0.15, 0.2) is 0 Å². The highest BCUT2D eigenvalue weighted by Gasteiger charge is 2.50. The minimum atomic E-state index is -2.42. The van der Waals surface area contributed by atoms with Crippen molar-refractivity contribution in [3.63, 3.8) is 0 Å². The summed E-state index contributed by atoms with van der Waals surface area (Å²) in [5.74, 6) is 0.596. The van der Waals surface area contributed by atoms with Crippen LogP contribution in [0.5, 0.6) is 0 Å². The SMILES string of the molecule is CCC[C@H](CCO[Si](c1ccccc1)(c1ccccc1)C(C)(C)C)c1cccs1. The van der Waals surface area contributed by atoms with Crippen molar-refractivity contribution in [1.82, 2.24) is 0 Å². The lowest BCUT2D eigenvalue weighted by molar-refractivity contribution is 0.278. The second-order valence-electron chi connectivity index (χ2n) is 8.80. The summed E-state index contributed by atoms with van der Waals surface area (Å²) in [6, 6.07) is 26.4. The van der Waals surface area contributed by atoms with E-state index in [4.69, 9.17) is 4.43 Å². The van der Waals surface area contributed by atoms with Crippen molar-refractivity contribution < 1.29 is 4.43 Å². The molecule has 1 nitrogen and oxygen atoms in total. The molecule has 3 aromatic rings. The molecule has 29 heavy (non-hydrogen) atoms. The van der Waals surface area contributed by atoms with E-state index in [1.807, 2.05) is 11.3 Å². The lowest BCUT2D eigenvalue weighted by Gasteiger charge is -2.43. The fourth-order valence-corrected chi connectivity index (χ4v) is 9.90. The third kappa shape index (κ3) is 4.91. The average Bonchev–Trinajstić information content (AvgIpc) is 3.25. The quantitative estimate of drug-likeness (QED) is 0.353. The van der Waals surface area contributed by atoms with Crippen LogP contribution in [-0.2, 0) is 4.43 Å². The van der Waals surface area contributed by atoms with Crippen molar-refractivity contribution in [2.75, 3.05) is 6.61 Å². The van der Waals surface area contributed by atoms with Gasteiger partial charge in [-0.1, -0.05) is 101 Å². The summed E-state index contributed by atoms with van der Waals surface area (Å²) in [6.07, 6.45) is 3.52. The zero-order valence-corrected chi connectivity index (χ0v) is 20.0. The third-order valence-electron chi connectivity index (χ3n) is 5.78. The highest BCUT2D eigenvalue weighted by atomic mass is 32.1. The number of benzene rings is 2. The van der Waals surface area contributed by atoms with Crippen molar-refractivity contribution in [2.45, 2.75) is 57.9 Å². The maximum atomic E-state index is 7.08. The van der Waals surface area contributed by atoms with Crippen molar-refractivity contribution in [1.29, 1.82) is 0 Å². The van der Waals surface area contributed by atoms with E-state index >= 15 is 0 Å². The van der Waals surface area contributed by atoms with E-state index in [1.165, 1.54) is 28.1 Å². The summed E-state index contributed by atoms with van der Waals surface area (Å²) in [4.78, 5) is 1.50. The van der Waals surface area contributed by atoms with Gasteiger partial charge in [-0.15, -0.1) is 11.3 Å². The van der Waals surface area contributed by atoms with Crippen LogP contribution < -0.4 is 10.4 Å². The summed E-state index contributed by atoms with van der Waals surface area (Å²) in [5.41, 5.74) is 0. The highest BCUT2D eigenvalue weighted by molar-refractivity contribution is 7.10. The Morgan fingerprint density at radius 2 is 1.41 bits per heavy atom. The van der Waals surface area contributed by atoms with Crippen LogP contribution in [0.1, 0.15) is 57.8 Å². The second kappa shape index (κ2) is 9.88. The first kappa shape index (κ1) is 22.0. The molecule has 0 radical (unpaired) electrons. The number of hydrogen-bond donors (Lipinski definition) is 0. The van der Waals surface area contributed by atoms with Gasteiger partial charge in [0.25, 0.3) is 8.32 Å². The Labute approximate surface area is 181 Å². The zero-order chi connectivity index (χ0) is 20.7. The minimum absolute atomic E-state index is 0.0406. The van der Waals surface area contributed by atoms with Crippen LogP contribution in [0, 0.1) is 0 Å². The molecule has 0 amide bonds. The van der Waals surface area contributed by atoms with Gasteiger partial charge in [0.1, 0.15) is 0 Å². The van der Waals surface area contributed by atoms with E-state index in [2.05, 4.69) is 106 Å². The molecule has 0 spiro atoms. The van der Waals surface area contributed by atoms with Gasteiger partial charge in [0, 0.05) is 11.5 Å². The molecule has 0 saturated heterocycles. The maximum Gasteiger partial charge on any atom is 0.261 e. The first-order chi connectivity index (χ1) is 14.0. The van der Waals surface area contributed by atoms with E-state index in [1.54, 1.807) is 0 Å². The molecule has 0 aliphatic carbocycles. The first-order valence-corrected chi connectivity index (χ1v) is 13.6. The largest absolute Gasteiger partial charge is 0.407 e. The number of rotatable bonds is 9. The van der Waals surface area contributed by atoms with E-state index in [9.17, 15) is 0 Å². The predicted octanol–water partition coefficient (Wildman–Crippen LogP) is 6.60. The topological polar surface area (TPSA) is 9.23 Å². The molecule has 0 N–H and O–H groups in total. The smallest absolute Gasteiger partial charge is 0.261 e. The molecule has 3 rings (SSSR count). The molecule has 0 saturated carbocycles. The minimum Gasteiger partial charge on any atom is -0.407 e. The van der Waals surface area contributed by atoms with E-state index < -0.39 is 8.32 Å². The molecule has 3 heteroatoms. The summed E-state index contributed by atoms with van der Waals surface area (Å²) in [7, 11) is -2.42. The lowest BCUT2D eigenvalue weighted by Crippen LogP contribution is -2.66. The Kier molecular flexibility index (Phi) is 7.50. The molecule has 1 aromatic heterocycles. The van der Waals surface area contributed by atoms with Crippen LogP contribution >= 0.6 is 11.3 Å². The summed E-state index contributed by atoms with van der Waals surface area (Å²) in [6.45, 7) is 10.1. The molecule has 0 bridgehead atoms. The van der Waals surface area contributed by atoms with Gasteiger partial charge in [-0.2, -0.15) is 0 Å². The molecule has 0 fully saturated rings. The highest BCUT2D eigenvalue weighted by Crippen LogP contribution is 2.37. The van der Waals surface area contributed by atoms with Crippen molar-refractivity contribution in [3.8, 4) is 0 Å². The molecule has 0 aliphatic rings. The molecule has 0 unspecified atom stereocenters. The Balaban J connectivity index is 1.93. The van der Waals surface area contributed by atoms with Crippen LogP contribution in [-0.4, -0.2) is 14.9 Å². The van der Waals surface area contributed by atoms with Gasteiger partial charge in [0.2, 0.25) is 0 Å². The van der Waals surface area contributed by atoms with Crippen molar-refractivity contribution >= 4 is 30.0 Å². The molecule has 1 heterocycles. The van der Waals surface area contributed by atoms with Crippen LogP contribution in [0.4, 0.5) is 0 Å². The summed E-state index contributed by atoms with van der Waals surface area (Å²) in [5, 5.41) is 4.96. The third-order valence-corrected chi connectivity index (χ3v) is 11.9. The molecular weight excluding hydrogens is 388 g/mol. The fourth-order valence-electron chi connectivity index (χ4n) is 4.42. The van der Waals surface area contributed by atoms with Crippen molar-refractivity contribution in [3.05, 3.63) is 83.1 Å². The molecular formula is C26H34OSSi. The molecule has 0 aliphatic heterocycles. The Hall–Kier alpha value is -1.68. The molecule has 154 valence electrons. The van der Waals surface area contributed by atoms with E-state index in [0.717, 1.165) is 13.0 Å². The normalized spacial score (nSPS) is 13.4. The Bertz CT molecular complexity index is 798. The Morgan fingerprint density at radius 3 is 1.86 bits per heavy atom. The predicted molar refractivity (Wildman–Crippen MR) is 130 cm³/mol. The van der Waals surface area contributed by atoms with Crippen LogP contribution in [0.2, 0.25) is 5.04 Å². The van der Waals surface area contributed by atoms with Gasteiger partial charge in [-0.05, 0) is 45.6 Å². The standard InChI is InChI=1S/C26H34OSSi/c1-5-13-22(25-18-12-21-28-25)19-20-27-29(26(2,3)4,23-14-8-6-9-15-23)24-16-10-7-11-17-24/h6-12,14-18,21-22H,5,13,19-20H2,1-4H3/t22-/m1/s1. The number of hydrogen-bond acceptors (Lipinski definition) is 2. The zero-order valence-electron chi connectivity index (χ0n) is 18.2. The van der Waals surface area contributed by atoms with Gasteiger partial charge in [0.05, 0.1) is 0 Å². The maximum absolute atomic E-state index is 7.08. The van der Waals surface area contributed by atoms with Crippen LogP contribution in [0.25, 0.3) is 0 Å². The monoisotopic (exact) mass is 422 g/mol. The van der Waals surface area contributed by atoms with E-state index in [0.29, 0.717) is 5.92 Å². The molecule has 1 atom stereocenters. The first-order valence-electron chi connectivity index (χ1n) is 10.8. The van der Waals surface area contributed by atoms with Gasteiger partial charge >= 0.3 is 0 Å². The Morgan fingerprint density at radius 1 is 0.828 bits per heavy atom. The van der Waals surface area contributed by atoms with Gasteiger partial charge in [-0.25, -0.2) is 0 Å².